The first-order valence-electron chi connectivity index (χ1n) is 6.90. The molecule has 1 aromatic carbocycles. The first-order chi connectivity index (χ1) is 9.51. The van der Waals surface area contributed by atoms with E-state index in [4.69, 9.17) is 5.84 Å². The van der Waals surface area contributed by atoms with Gasteiger partial charge in [-0.3, -0.25) is 0 Å². The SMILES string of the molecule is Cc1cccc(Cc2nc(C)c(C(C)C)c(NN)n2)c1. The van der Waals surface area contributed by atoms with Gasteiger partial charge in [-0.25, -0.2) is 15.8 Å². The summed E-state index contributed by atoms with van der Waals surface area (Å²) in [6.45, 7) is 8.33. The fraction of sp³-hybridized carbons (Fsp3) is 0.375. The number of nitrogen functional groups attached to an aromatic ring is 1. The molecule has 0 aliphatic heterocycles. The Balaban J connectivity index is 2.36. The van der Waals surface area contributed by atoms with Gasteiger partial charge in [-0.1, -0.05) is 43.7 Å². The zero-order valence-electron chi connectivity index (χ0n) is 12.6. The Bertz CT molecular complexity index is 605. The van der Waals surface area contributed by atoms with E-state index in [-0.39, 0.29) is 0 Å². The maximum Gasteiger partial charge on any atom is 0.147 e. The monoisotopic (exact) mass is 270 g/mol. The van der Waals surface area contributed by atoms with Gasteiger partial charge in [0, 0.05) is 17.7 Å². The lowest BCUT2D eigenvalue weighted by atomic mass is 10.0. The molecule has 106 valence electrons. The third kappa shape index (κ3) is 3.14. The molecule has 0 amide bonds. The molecule has 0 fully saturated rings. The molecule has 2 rings (SSSR count). The van der Waals surface area contributed by atoms with Gasteiger partial charge in [0.1, 0.15) is 11.6 Å². The summed E-state index contributed by atoms with van der Waals surface area (Å²) in [4.78, 5) is 9.17. The van der Waals surface area contributed by atoms with Gasteiger partial charge < -0.3 is 5.43 Å². The molecule has 0 saturated carbocycles. The van der Waals surface area contributed by atoms with E-state index >= 15 is 0 Å². The highest BCUT2D eigenvalue weighted by molar-refractivity contribution is 5.47. The number of hydrogen-bond acceptors (Lipinski definition) is 4. The van der Waals surface area contributed by atoms with Crippen molar-refractivity contribution in [1.82, 2.24) is 9.97 Å². The topological polar surface area (TPSA) is 63.8 Å². The summed E-state index contributed by atoms with van der Waals surface area (Å²) in [5, 5.41) is 0. The van der Waals surface area contributed by atoms with E-state index in [0.29, 0.717) is 5.92 Å². The summed E-state index contributed by atoms with van der Waals surface area (Å²) >= 11 is 0. The van der Waals surface area contributed by atoms with Crippen LogP contribution < -0.4 is 11.3 Å². The van der Waals surface area contributed by atoms with E-state index in [1.54, 1.807) is 0 Å². The van der Waals surface area contributed by atoms with Gasteiger partial charge in [0.2, 0.25) is 0 Å². The standard InChI is InChI=1S/C16H22N4/c1-10(2)15-12(4)18-14(19-16(15)20-17)9-13-7-5-6-11(3)8-13/h5-8,10H,9,17H2,1-4H3,(H,18,19,20). The van der Waals surface area contributed by atoms with Gasteiger partial charge in [0.05, 0.1) is 0 Å². The van der Waals surface area contributed by atoms with Gasteiger partial charge in [-0.05, 0) is 25.3 Å². The Morgan fingerprint density at radius 2 is 1.95 bits per heavy atom. The molecule has 4 nitrogen and oxygen atoms in total. The molecule has 1 heterocycles. The van der Waals surface area contributed by atoms with Gasteiger partial charge in [-0.2, -0.15) is 0 Å². The van der Waals surface area contributed by atoms with Crippen molar-refractivity contribution in [1.29, 1.82) is 0 Å². The number of benzene rings is 1. The number of rotatable bonds is 4. The van der Waals surface area contributed by atoms with Crippen molar-refractivity contribution in [2.75, 3.05) is 5.43 Å². The Morgan fingerprint density at radius 1 is 1.20 bits per heavy atom. The van der Waals surface area contributed by atoms with Crippen LogP contribution in [0.1, 0.15) is 48.0 Å². The van der Waals surface area contributed by atoms with Crippen molar-refractivity contribution in [3.05, 3.63) is 52.5 Å². The molecule has 4 heteroatoms. The predicted octanol–water partition coefficient (Wildman–Crippen LogP) is 3.09. The second kappa shape index (κ2) is 6.01. The Labute approximate surface area is 120 Å². The first kappa shape index (κ1) is 14.5. The minimum Gasteiger partial charge on any atom is -0.308 e. The predicted molar refractivity (Wildman–Crippen MR) is 82.7 cm³/mol. The van der Waals surface area contributed by atoms with E-state index in [1.165, 1.54) is 11.1 Å². The minimum absolute atomic E-state index is 0.342. The van der Waals surface area contributed by atoms with Crippen molar-refractivity contribution < 1.29 is 0 Å². The minimum atomic E-state index is 0.342. The van der Waals surface area contributed by atoms with Crippen LogP contribution in [0.15, 0.2) is 24.3 Å². The number of nitrogens with one attached hydrogen (secondary N) is 1. The zero-order valence-corrected chi connectivity index (χ0v) is 12.6. The van der Waals surface area contributed by atoms with Crippen molar-refractivity contribution in [2.45, 2.75) is 40.0 Å². The van der Waals surface area contributed by atoms with E-state index in [0.717, 1.165) is 29.3 Å². The Kier molecular flexibility index (Phi) is 4.35. The molecule has 0 radical (unpaired) electrons. The molecule has 0 aliphatic carbocycles. The molecule has 20 heavy (non-hydrogen) atoms. The van der Waals surface area contributed by atoms with Crippen LogP contribution in [0.2, 0.25) is 0 Å². The number of aryl methyl sites for hydroxylation is 2. The third-order valence-corrected chi connectivity index (χ3v) is 3.34. The van der Waals surface area contributed by atoms with Crippen LogP contribution >= 0.6 is 0 Å². The van der Waals surface area contributed by atoms with Crippen molar-refractivity contribution >= 4 is 5.82 Å². The van der Waals surface area contributed by atoms with Crippen LogP contribution in [0.25, 0.3) is 0 Å². The quantitative estimate of drug-likeness (QED) is 0.662. The maximum absolute atomic E-state index is 5.60. The summed E-state index contributed by atoms with van der Waals surface area (Å²) in [5.41, 5.74) is 7.24. The lowest BCUT2D eigenvalue weighted by Gasteiger charge is -2.15. The first-order valence-corrected chi connectivity index (χ1v) is 6.90. The normalized spacial score (nSPS) is 10.9. The van der Waals surface area contributed by atoms with Crippen LogP contribution in [0.3, 0.4) is 0 Å². The highest BCUT2D eigenvalue weighted by Gasteiger charge is 2.14. The fourth-order valence-electron chi connectivity index (χ4n) is 2.52. The van der Waals surface area contributed by atoms with E-state index in [9.17, 15) is 0 Å². The van der Waals surface area contributed by atoms with Crippen molar-refractivity contribution in [3.63, 3.8) is 0 Å². The number of nitrogens with zero attached hydrogens (tertiary/aromatic N) is 2. The Hall–Kier alpha value is -1.94. The van der Waals surface area contributed by atoms with Crippen molar-refractivity contribution in [2.24, 2.45) is 5.84 Å². The summed E-state index contributed by atoms with van der Waals surface area (Å²) in [6.07, 6.45) is 0.718. The van der Waals surface area contributed by atoms with Crippen LogP contribution in [-0.2, 0) is 6.42 Å². The highest BCUT2D eigenvalue weighted by Crippen LogP contribution is 2.25. The van der Waals surface area contributed by atoms with E-state index in [2.05, 4.69) is 60.4 Å². The van der Waals surface area contributed by atoms with Gasteiger partial charge in [0.15, 0.2) is 0 Å². The molecule has 2 aromatic rings. The number of hydrazine groups is 1. The molecule has 0 bridgehead atoms. The summed E-state index contributed by atoms with van der Waals surface area (Å²) in [7, 11) is 0. The molecule has 0 atom stereocenters. The molecule has 0 spiro atoms. The largest absolute Gasteiger partial charge is 0.308 e. The van der Waals surface area contributed by atoms with Crippen LogP contribution in [0.4, 0.5) is 5.82 Å². The average molecular weight is 270 g/mol. The van der Waals surface area contributed by atoms with E-state index < -0.39 is 0 Å². The second-order valence-corrected chi connectivity index (χ2v) is 5.45. The number of anilines is 1. The fourth-order valence-corrected chi connectivity index (χ4v) is 2.52. The summed E-state index contributed by atoms with van der Waals surface area (Å²) in [5.74, 6) is 7.47. The smallest absolute Gasteiger partial charge is 0.147 e. The number of hydrogen-bond donors (Lipinski definition) is 2. The van der Waals surface area contributed by atoms with Crippen molar-refractivity contribution in [3.8, 4) is 0 Å². The molecule has 1 aromatic heterocycles. The molecular weight excluding hydrogens is 248 g/mol. The van der Waals surface area contributed by atoms with Crippen LogP contribution in [0.5, 0.6) is 0 Å². The highest BCUT2D eigenvalue weighted by atomic mass is 15.3. The average Bonchev–Trinajstić information content (AvgIpc) is 2.37. The molecule has 3 N–H and O–H groups in total. The summed E-state index contributed by atoms with van der Waals surface area (Å²) < 4.78 is 0. The van der Waals surface area contributed by atoms with Crippen LogP contribution in [-0.4, -0.2) is 9.97 Å². The van der Waals surface area contributed by atoms with Gasteiger partial charge in [-0.15, -0.1) is 0 Å². The number of aromatic nitrogens is 2. The summed E-state index contributed by atoms with van der Waals surface area (Å²) in [6, 6.07) is 8.40. The lowest BCUT2D eigenvalue weighted by molar-refractivity contribution is 0.811. The maximum atomic E-state index is 5.60. The molecule has 0 saturated heterocycles. The second-order valence-electron chi connectivity index (χ2n) is 5.45. The van der Waals surface area contributed by atoms with E-state index in [1.807, 2.05) is 6.92 Å². The Morgan fingerprint density at radius 3 is 2.55 bits per heavy atom. The third-order valence-electron chi connectivity index (χ3n) is 3.34. The molecule has 0 unspecified atom stereocenters. The van der Waals surface area contributed by atoms with Gasteiger partial charge >= 0.3 is 0 Å². The zero-order chi connectivity index (χ0) is 14.7. The molecular formula is C16H22N4. The van der Waals surface area contributed by atoms with Crippen LogP contribution in [0, 0.1) is 13.8 Å². The number of nitrogens with two attached hydrogens (primary N) is 1. The lowest BCUT2D eigenvalue weighted by Crippen LogP contribution is -2.15. The van der Waals surface area contributed by atoms with Gasteiger partial charge in [0.25, 0.3) is 0 Å². The molecule has 0 aliphatic rings.